The Bertz CT molecular complexity index is 741. The van der Waals surface area contributed by atoms with Crippen LogP contribution in [-0.2, 0) is 0 Å². The number of hydrogen-bond acceptors (Lipinski definition) is 3. The van der Waals surface area contributed by atoms with Gasteiger partial charge in [0.1, 0.15) is 5.75 Å². The molecule has 0 unspecified atom stereocenters. The Morgan fingerprint density at radius 3 is 2.71 bits per heavy atom. The second-order valence-corrected chi connectivity index (χ2v) is 5.37. The number of hydrogen-bond donors (Lipinski definition) is 1. The second kappa shape index (κ2) is 6.61. The summed E-state index contributed by atoms with van der Waals surface area (Å²) in [6.45, 7) is 0. The topological polar surface area (TPSA) is 62.1 Å². The van der Waals surface area contributed by atoms with Gasteiger partial charge in [0, 0.05) is 4.47 Å². The van der Waals surface area contributed by atoms with Crippen molar-refractivity contribution in [3.8, 4) is 11.8 Å². The largest absolute Gasteiger partial charge is 0.497 e. The van der Waals surface area contributed by atoms with Gasteiger partial charge in [-0.1, -0.05) is 11.6 Å². The van der Waals surface area contributed by atoms with Crippen molar-refractivity contribution >= 4 is 39.1 Å². The molecule has 2 aromatic rings. The van der Waals surface area contributed by atoms with Crippen LogP contribution in [0.5, 0.6) is 5.75 Å². The van der Waals surface area contributed by atoms with E-state index >= 15 is 0 Å². The molecule has 0 aliphatic rings. The number of carbonyl (C=O) groups excluding carboxylic acids is 1. The molecule has 4 nitrogen and oxygen atoms in total. The summed E-state index contributed by atoms with van der Waals surface area (Å²) in [5.41, 5.74) is 1.30. The van der Waals surface area contributed by atoms with E-state index < -0.39 is 0 Å². The Balaban J connectivity index is 2.28. The molecular weight excluding hydrogens is 356 g/mol. The van der Waals surface area contributed by atoms with Crippen LogP contribution >= 0.6 is 27.5 Å². The van der Waals surface area contributed by atoms with Crippen molar-refractivity contribution in [1.29, 1.82) is 5.26 Å². The number of nitrogens with zero attached hydrogens (tertiary/aromatic N) is 1. The van der Waals surface area contributed by atoms with Gasteiger partial charge in [0.2, 0.25) is 0 Å². The molecule has 6 heteroatoms. The van der Waals surface area contributed by atoms with E-state index in [4.69, 9.17) is 21.6 Å². The molecule has 1 amide bonds. The van der Waals surface area contributed by atoms with Crippen molar-refractivity contribution in [2.24, 2.45) is 0 Å². The highest BCUT2D eigenvalue weighted by Gasteiger charge is 2.13. The third kappa shape index (κ3) is 3.54. The summed E-state index contributed by atoms with van der Waals surface area (Å²) in [7, 11) is 1.53. The van der Waals surface area contributed by atoms with Gasteiger partial charge >= 0.3 is 0 Å². The van der Waals surface area contributed by atoms with Crippen LogP contribution in [0.25, 0.3) is 0 Å². The lowest BCUT2D eigenvalue weighted by atomic mass is 10.2. The molecule has 0 aromatic heterocycles. The molecule has 0 spiro atoms. The monoisotopic (exact) mass is 364 g/mol. The zero-order chi connectivity index (χ0) is 15.4. The predicted octanol–water partition coefficient (Wildman–Crippen LogP) is 4.24. The number of rotatable bonds is 3. The first-order valence-corrected chi connectivity index (χ1v) is 7.07. The Hall–Kier alpha value is -2.03. The maximum Gasteiger partial charge on any atom is 0.256 e. The van der Waals surface area contributed by atoms with E-state index in [1.807, 2.05) is 6.07 Å². The van der Waals surface area contributed by atoms with Gasteiger partial charge in [-0.05, 0) is 52.3 Å². The number of carbonyl (C=O) groups is 1. The molecule has 0 saturated carbocycles. The van der Waals surface area contributed by atoms with Crippen molar-refractivity contribution in [2.45, 2.75) is 0 Å². The lowest BCUT2D eigenvalue weighted by Crippen LogP contribution is -2.13. The van der Waals surface area contributed by atoms with Gasteiger partial charge < -0.3 is 10.1 Å². The van der Waals surface area contributed by atoms with Crippen LogP contribution in [0.4, 0.5) is 5.69 Å². The van der Waals surface area contributed by atoms with Crippen LogP contribution in [0.2, 0.25) is 5.02 Å². The van der Waals surface area contributed by atoms with Gasteiger partial charge in [-0.15, -0.1) is 0 Å². The Morgan fingerprint density at radius 1 is 1.33 bits per heavy atom. The molecule has 0 aliphatic heterocycles. The molecule has 1 N–H and O–H groups in total. The molecule has 0 bridgehead atoms. The maximum atomic E-state index is 12.3. The van der Waals surface area contributed by atoms with E-state index in [-0.39, 0.29) is 5.91 Å². The summed E-state index contributed by atoms with van der Waals surface area (Å²) >= 11 is 9.36. The summed E-state index contributed by atoms with van der Waals surface area (Å²) < 4.78 is 5.75. The summed E-state index contributed by atoms with van der Waals surface area (Å²) in [5, 5.41) is 11.8. The predicted molar refractivity (Wildman–Crippen MR) is 84.8 cm³/mol. The molecule has 0 atom stereocenters. The molecule has 2 rings (SSSR count). The second-order valence-electron chi connectivity index (χ2n) is 4.11. The van der Waals surface area contributed by atoms with E-state index in [0.29, 0.717) is 32.1 Å². The number of nitriles is 1. The van der Waals surface area contributed by atoms with Crippen LogP contribution in [0.15, 0.2) is 40.9 Å². The fourth-order valence-corrected chi connectivity index (χ4v) is 2.34. The summed E-state index contributed by atoms with van der Waals surface area (Å²) in [6.07, 6.45) is 0. The minimum Gasteiger partial charge on any atom is -0.497 e. The molecule has 21 heavy (non-hydrogen) atoms. The molecular formula is C15H10BrClN2O2. The van der Waals surface area contributed by atoms with E-state index in [1.54, 1.807) is 30.3 Å². The van der Waals surface area contributed by atoms with Gasteiger partial charge in [0.05, 0.1) is 35.0 Å². The fraction of sp³-hybridized carbons (Fsp3) is 0.0667. The highest BCUT2D eigenvalue weighted by Crippen LogP contribution is 2.26. The minimum absolute atomic E-state index is 0.307. The van der Waals surface area contributed by atoms with Gasteiger partial charge in [-0.2, -0.15) is 5.26 Å². The van der Waals surface area contributed by atoms with E-state index in [0.717, 1.165) is 0 Å². The van der Waals surface area contributed by atoms with Crippen molar-refractivity contribution in [1.82, 2.24) is 0 Å². The molecule has 0 heterocycles. The van der Waals surface area contributed by atoms with Crippen molar-refractivity contribution < 1.29 is 9.53 Å². The Kier molecular flexibility index (Phi) is 4.84. The molecule has 0 saturated heterocycles. The molecule has 0 fully saturated rings. The lowest BCUT2D eigenvalue weighted by Gasteiger charge is -2.10. The summed E-state index contributed by atoms with van der Waals surface area (Å²) in [6, 6.07) is 11.8. The number of benzene rings is 2. The van der Waals surface area contributed by atoms with Crippen molar-refractivity contribution in [2.75, 3.05) is 12.4 Å². The first-order chi connectivity index (χ1) is 10.0. The zero-order valence-electron chi connectivity index (χ0n) is 11.0. The highest BCUT2D eigenvalue weighted by molar-refractivity contribution is 9.10. The van der Waals surface area contributed by atoms with Gasteiger partial charge in [-0.3, -0.25) is 4.79 Å². The molecule has 0 radical (unpaired) electrons. The third-order valence-corrected chi connectivity index (χ3v) is 3.77. The summed E-state index contributed by atoms with van der Waals surface area (Å²) in [4.78, 5) is 12.3. The van der Waals surface area contributed by atoms with Crippen molar-refractivity contribution in [3.63, 3.8) is 0 Å². The number of halogens is 2. The normalized spacial score (nSPS) is 9.81. The fourth-order valence-electron chi connectivity index (χ4n) is 1.68. The van der Waals surface area contributed by atoms with Crippen molar-refractivity contribution in [3.05, 3.63) is 57.0 Å². The minimum atomic E-state index is -0.326. The maximum absolute atomic E-state index is 12.3. The third-order valence-electron chi connectivity index (χ3n) is 2.76. The smallest absolute Gasteiger partial charge is 0.256 e. The quantitative estimate of drug-likeness (QED) is 0.885. The Morgan fingerprint density at radius 2 is 2.10 bits per heavy atom. The number of methoxy groups -OCH3 is 1. The van der Waals surface area contributed by atoms with E-state index in [9.17, 15) is 4.79 Å². The average Bonchev–Trinajstić information content (AvgIpc) is 2.49. The van der Waals surface area contributed by atoms with Gasteiger partial charge in [0.15, 0.2) is 0 Å². The molecule has 106 valence electrons. The zero-order valence-corrected chi connectivity index (χ0v) is 13.3. The standard InChI is InChI=1S/C15H10BrClN2O2/c1-21-10-3-4-12(16)11(7-10)15(20)19-14-5-2-9(8-18)6-13(14)17/h2-7H,1H3,(H,19,20). The summed E-state index contributed by atoms with van der Waals surface area (Å²) in [5.74, 6) is 0.252. The Labute approximate surface area is 135 Å². The SMILES string of the molecule is COc1ccc(Br)c(C(=O)Nc2ccc(C#N)cc2Cl)c1. The average molecular weight is 366 g/mol. The molecule has 2 aromatic carbocycles. The van der Waals surface area contributed by atoms with Crippen LogP contribution in [-0.4, -0.2) is 13.0 Å². The van der Waals surface area contributed by atoms with E-state index in [2.05, 4.69) is 21.2 Å². The number of ether oxygens (including phenoxy) is 1. The van der Waals surface area contributed by atoms with Gasteiger partial charge in [0.25, 0.3) is 5.91 Å². The highest BCUT2D eigenvalue weighted by atomic mass is 79.9. The van der Waals surface area contributed by atoms with E-state index in [1.165, 1.54) is 13.2 Å². The van der Waals surface area contributed by atoms with Gasteiger partial charge in [-0.25, -0.2) is 0 Å². The first kappa shape index (κ1) is 15.4. The van der Waals surface area contributed by atoms with Crippen LogP contribution < -0.4 is 10.1 Å². The lowest BCUT2D eigenvalue weighted by molar-refractivity contribution is 0.102. The number of nitrogens with one attached hydrogen (secondary N) is 1. The van der Waals surface area contributed by atoms with Crippen LogP contribution in [0, 0.1) is 11.3 Å². The van der Waals surface area contributed by atoms with Crippen LogP contribution in [0.1, 0.15) is 15.9 Å². The number of anilines is 1. The van der Waals surface area contributed by atoms with Crippen LogP contribution in [0.3, 0.4) is 0 Å². The first-order valence-electron chi connectivity index (χ1n) is 5.89. The number of amides is 1. The molecule has 0 aliphatic carbocycles.